The first-order valence-corrected chi connectivity index (χ1v) is 11.4. The van der Waals surface area contributed by atoms with Crippen LogP contribution in [0.25, 0.3) is 0 Å². The molecule has 0 unspecified atom stereocenters. The van der Waals surface area contributed by atoms with Crippen LogP contribution in [0.2, 0.25) is 0 Å². The van der Waals surface area contributed by atoms with Crippen molar-refractivity contribution in [2.75, 3.05) is 0 Å². The largest absolute Gasteiger partial charge is 1.00 e. The third-order valence-electron chi connectivity index (χ3n) is 5.24. The van der Waals surface area contributed by atoms with E-state index in [-0.39, 0.29) is 18.4 Å². The van der Waals surface area contributed by atoms with Gasteiger partial charge in [0.2, 0.25) is 0 Å². The maximum absolute atomic E-state index is 6.12. The first-order valence-electron chi connectivity index (χ1n) is 9.65. The van der Waals surface area contributed by atoms with Gasteiger partial charge in [0.25, 0.3) is 0 Å². The summed E-state index contributed by atoms with van der Waals surface area (Å²) in [5.41, 5.74) is 7.28. The Morgan fingerprint density at radius 3 is 1.14 bits per heavy atom. The van der Waals surface area contributed by atoms with Crippen molar-refractivity contribution in [2.45, 2.75) is 13.0 Å². The van der Waals surface area contributed by atoms with Gasteiger partial charge in [-0.05, 0) is 61.0 Å². The summed E-state index contributed by atoms with van der Waals surface area (Å²) in [5, 5.41) is 5.43. The lowest BCUT2D eigenvalue weighted by atomic mass is 10.1. The smallest absolute Gasteiger partial charge is 0.144 e. The average molecular weight is 418 g/mol. The van der Waals surface area contributed by atoms with Gasteiger partial charge in [-0.25, -0.2) is 0 Å². The first kappa shape index (κ1) is 21.3. The van der Waals surface area contributed by atoms with Gasteiger partial charge < -0.3 is 18.1 Å². The number of rotatable bonds is 5. The van der Waals surface area contributed by atoms with Crippen LogP contribution in [-0.2, 0) is 0 Å². The molecule has 0 saturated carbocycles. The molecule has 0 heterocycles. The summed E-state index contributed by atoms with van der Waals surface area (Å²) in [4.78, 5) is 0. The van der Waals surface area contributed by atoms with Crippen molar-refractivity contribution in [3.05, 3.63) is 121 Å². The lowest BCUT2D eigenvalue weighted by molar-refractivity contribution is -0.00000556. The van der Waals surface area contributed by atoms with Gasteiger partial charge in [-0.3, -0.25) is 0 Å². The van der Waals surface area contributed by atoms with E-state index in [0.29, 0.717) is 0 Å². The van der Waals surface area contributed by atoms with Gasteiger partial charge >= 0.3 is 0 Å². The second kappa shape index (κ2) is 9.37. The van der Waals surface area contributed by atoms with Crippen LogP contribution >= 0.6 is 7.26 Å². The molecule has 0 amide bonds. The topological polar surface area (TPSA) is 26.0 Å². The SMILES string of the molecule is C[C@@H](N)c1ccc([P+](c2ccccc2)(c2ccccc2)c2ccccc2)cc1.[Cl-]. The molecule has 0 aliphatic heterocycles. The van der Waals surface area contributed by atoms with Gasteiger partial charge in [0, 0.05) is 6.04 Å². The predicted molar refractivity (Wildman–Crippen MR) is 124 cm³/mol. The lowest BCUT2D eigenvalue weighted by Gasteiger charge is -2.27. The minimum absolute atomic E-state index is 0. The Morgan fingerprint density at radius 2 is 0.828 bits per heavy atom. The van der Waals surface area contributed by atoms with Crippen molar-refractivity contribution < 1.29 is 12.4 Å². The Kier molecular flexibility index (Phi) is 6.87. The molecule has 0 aliphatic carbocycles. The second-order valence-electron chi connectivity index (χ2n) is 7.06. The summed E-state index contributed by atoms with van der Waals surface area (Å²) in [7, 11) is -2.00. The Morgan fingerprint density at radius 1 is 0.517 bits per heavy atom. The van der Waals surface area contributed by atoms with Crippen molar-refractivity contribution in [2.24, 2.45) is 5.73 Å². The van der Waals surface area contributed by atoms with Crippen LogP contribution in [0.5, 0.6) is 0 Å². The van der Waals surface area contributed by atoms with Crippen molar-refractivity contribution in [3.8, 4) is 0 Å². The summed E-state index contributed by atoms with van der Waals surface area (Å²) >= 11 is 0. The van der Waals surface area contributed by atoms with Gasteiger partial charge in [-0.15, -0.1) is 0 Å². The highest BCUT2D eigenvalue weighted by Gasteiger charge is 2.47. The fraction of sp³-hybridized carbons (Fsp3) is 0.0769. The molecule has 0 spiro atoms. The molecule has 3 heteroatoms. The molecule has 4 aromatic rings. The molecule has 4 aromatic carbocycles. The third kappa shape index (κ3) is 4.00. The molecule has 2 N–H and O–H groups in total. The average Bonchev–Trinajstić information content (AvgIpc) is 2.77. The molecule has 0 aromatic heterocycles. The van der Waals surface area contributed by atoms with Gasteiger partial charge in [0.1, 0.15) is 28.5 Å². The van der Waals surface area contributed by atoms with Crippen LogP contribution in [0, 0.1) is 0 Å². The fourth-order valence-electron chi connectivity index (χ4n) is 3.85. The van der Waals surface area contributed by atoms with E-state index in [1.54, 1.807) is 0 Å². The molecule has 1 atom stereocenters. The Bertz CT molecular complexity index is 920. The van der Waals surface area contributed by atoms with E-state index in [1.165, 1.54) is 21.2 Å². The quantitative estimate of drug-likeness (QED) is 0.487. The maximum atomic E-state index is 6.12. The van der Waals surface area contributed by atoms with E-state index in [0.717, 1.165) is 5.56 Å². The number of nitrogens with two attached hydrogens (primary N) is 1. The van der Waals surface area contributed by atoms with Crippen LogP contribution in [0.3, 0.4) is 0 Å². The van der Waals surface area contributed by atoms with Gasteiger partial charge in [0.15, 0.2) is 0 Å². The Hall–Kier alpha value is -2.44. The highest BCUT2D eigenvalue weighted by Crippen LogP contribution is 2.54. The number of hydrogen-bond donors (Lipinski definition) is 1. The molecule has 4 rings (SSSR count). The van der Waals surface area contributed by atoms with E-state index in [2.05, 4.69) is 115 Å². The molecular weight excluding hydrogens is 393 g/mol. The van der Waals surface area contributed by atoms with Crippen LogP contribution in [0.15, 0.2) is 115 Å². The summed E-state index contributed by atoms with van der Waals surface area (Å²) in [5.74, 6) is 0. The van der Waals surface area contributed by atoms with E-state index in [4.69, 9.17) is 5.73 Å². The van der Waals surface area contributed by atoms with Crippen molar-refractivity contribution in [1.29, 1.82) is 0 Å². The number of benzene rings is 4. The van der Waals surface area contributed by atoms with E-state index >= 15 is 0 Å². The summed E-state index contributed by atoms with van der Waals surface area (Å²) < 4.78 is 0. The Labute approximate surface area is 180 Å². The zero-order valence-electron chi connectivity index (χ0n) is 16.4. The highest BCUT2D eigenvalue weighted by molar-refractivity contribution is 8.01. The maximum Gasteiger partial charge on any atom is 0.144 e. The molecule has 0 bridgehead atoms. The lowest BCUT2D eigenvalue weighted by Crippen LogP contribution is -3.00. The molecule has 0 radical (unpaired) electrons. The number of halogens is 1. The van der Waals surface area contributed by atoms with Gasteiger partial charge in [-0.2, -0.15) is 0 Å². The first-order chi connectivity index (χ1) is 13.7. The number of hydrogen-bond acceptors (Lipinski definition) is 1. The third-order valence-corrected chi connectivity index (χ3v) is 9.53. The molecule has 1 nitrogen and oxygen atoms in total. The standard InChI is InChI=1S/C26H25NP.ClH/c1-21(27)22-17-19-26(20-18-22)28(23-11-5-2-6-12-23,24-13-7-3-8-14-24)25-15-9-4-10-16-25;/h2-21H,27H2,1H3;1H/q+1;/p-1/t21-;/m1./s1. The molecular formula is C26H25ClNP. The zero-order chi connectivity index (χ0) is 19.4. The summed E-state index contributed by atoms with van der Waals surface area (Å²) in [6, 6.07) is 41.7. The van der Waals surface area contributed by atoms with Crippen LogP contribution < -0.4 is 39.4 Å². The minimum Gasteiger partial charge on any atom is -1.00 e. The summed E-state index contributed by atoms with van der Waals surface area (Å²) in [6.45, 7) is 2.03. The van der Waals surface area contributed by atoms with Crippen molar-refractivity contribution in [3.63, 3.8) is 0 Å². The molecule has 29 heavy (non-hydrogen) atoms. The molecule has 0 aliphatic rings. The summed E-state index contributed by atoms with van der Waals surface area (Å²) in [6.07, 6.45) is 0. The zero-order valence-corrected chi connectivity index (χ0v) is 18.1. The van der Waals surface area contributed by atoms with Gasteiger partial charge in [-0.1, -0.05) is 66.7 Å². The van der Waals surface area contributed by atoms with Crippen molar-refractivity contribution >= 4 is 28.5 Å². The Balaban J connectivity index is 0.00000240. The predicted octanol–water partition coefficient (Wildman–Crippen LogP) is 1.33. The van der Waals surface area contributed by atoms with Crippen molar-refractivity contribution in [1.82, 2.24) is 0 Å². The fourth-order valence-corrected chi connectivity index (χ4v) is 8.09. The second-order valence-corrected chi connectivity index (χ2v) is 10.5. The van der Waals surface area contributed by atoms with E-state index in [9.17, 15) is 0 Å². The monoisotopic (exact) mass is 417 g/mol. The minimum atomic E-state index is -2.00. The van der Waals surface area contributed by atoms with Crippen LogP contribution in [0.4, 0.5) is 0 Å². The van der Waals surface area contributed by atoms with Gasteiger partial charge in [0.05, 0.1) is 0 Å². The normalized spacial score (nSPS) is 12.1. The molecule has 0 saturated heterocycles. The van der Waals surface area contributed by atoms with E-state index < -0.39 is 7.26 Å². The molecule has 0 fully saturated rings. The van der Waals surface area contributed by atoms with Crippen LogP contribution in [0.1, 0.15) is 18.5 Å². The molecule has 146 valence electrons. The van der Waals surface area contributed by atoms with E-state index in [1.807, 2.05) is 6.92 Å². The van der Waals surface area contributed by atoms with Crippen LogP contribution in [-0.4, -0.2) is 0 Å². The highest BCUT2D eigenvalue weighted by atomic mass is 35.5.